The minimum absolute atomic E-state index is 0.787. The second kappa shape index (κ2) is 6.42. The number of aromatic nitrogens is 1. The molecule has 0 aliphatic heterocycles. The molecule has 0 saturated heterocycles. The van der Waals surface area contributed by atoms with Crippen LogP contribution >= 0.6 is 11.8 Å². The van der Waals surface area contributed by atoms with E-state index in [9.17, 15) is 0 Å². The summed E-state index contributed by atoms with van der Waals surface area (Å²) < 4.78 is 0. The normalized spacial score (nSPS) is 10.5. The first-order valence-electron chi connectivity index (χ1n) is 5.85. The van der Waals surface area contributed by atoms with E-state index >= 15 is 0 Å². The molecule has 2 aromatic rings. The quantitative estimate of drug-likeness (QED) is 0.375. The number of rotatable bonds is 5. The molecule has 4 heteroatoms. The van der Waals surface area contributed by atoms with E-state index in [1.165, 1.54) is 10.5 Å². The number of hydrogen-bond donors (Lipinski definition) is 2. The third-order valence-corrected chi connectivity index (χ3v) is 3.67. The molecule has 94 valence electrons. The first-order chi connectivity index (χ1) is 8.75. The number of anilines is 1. The molecule has 2 rings (SSSR count). The number of thioether (sulfide) groups is 1. The van der Waals surface area contributed by atoms with Crippen molar-refractivity contribution in [2.45, 2.75) is 18.4 Å². The van der Waals surface area contributed by atoms with Crippen molar-refractivity contribution in [3.05, 3.63) is 53.9 Å². The molecule has 1 aromatic heterocycles. The van der Waals surface area contributed by atoms with Crippen LogP contribution in [0, 0.1) is 6.92 Å². The Kier molecular flexibility index (Phi) is 4.61. The maximum Gasteiger partial charge on any atom is 0.0541 e. The first kappa shape index (κ1) is 12.9. The van der Waals surface area contributed by atoms with Crippen LogP contribution in [0.3, 0.4) is 0 Å². The second-order valence-corrected chi connectivity index (χ2v) is 5.08. The molecule has 0 bridgehead atoms. The molecule has 1 aromatic carbocycles. The maximum atomic E-state index is 5.78. The molecule has 0 unspecified atom stereocenters. The number of pyridine rings is 1. The van der Waals surface area contributed by atoms with E-state index < -0.39 is 0 Å². The third kappa shape index (κ3) is 3.75. The van der Waals surface area contributed by atoms with Crippen molar-refractivity contribution < 1.29 is 0 Å². The molecule has 0 aliphatic rings. The number of benzene rings is 1. The highest BCUT2D eigenvalue weighted by Gasteiger charge is 1.99. The standard InChI is InChI=1S/C14H17N3S/c1-11-5-6-12(15)8-14(11)18-10-16-9-13-4-2-3-7-17-13/h2-8,16H,9-10,15H2,1H3. The molecule has 18 heavy (non-hydrogen) atoms. The second-order valence-electron chi connectivity index (χ2n) is 4.06. The smallest absolute Gasteiger partial charge is 0.0541 e. The van der Waals surface area contributed by atoms with Gasteiger partial charge in [0.1, 0.15) is 0 Å². The van der Waals surface area contributed by atoms with Gasteiger partial charge in [0, 0.05) is 29.2 Å². The largest absolute Gasteiger partial charge is 0.399 e. The van der Waals surface area contributed by atoms with E-state index in [2.05, 4.69) is 23.3 Å². The minimum Gasteiger partial charge on any atom is -0.399 e. The SMILES string of the molecule is Cc1ccc(N)cc1SCNCc1ccccn1. The molecule has 0 radical (unpaired) electrons. The van der Waals surface area contributed by atoms with Crippen LogP contribution in [0.25, 0.3) is 0 Å². The zero-order valence-corrected chi connectivity index (χ0v) is 11.2. The van der Waals surface area contributed by atoms with Gasteiger partial charge in [0.15, 0.2) is 0 Å². The number of nitrogens with one attached hydrogen (secondary N) is 1. The van der Waals surface area contributed by atoms with Gasteiger partial charge >= 0.3 is 0 Å². The molecule has 0 aliphatic carbocycles. The van der Waals surface area contributed by atoms with E-state index in [0.717, 1.165) is 23.8 Å². The van der Waals surface area contributed by atoms with Gasteiger partial charge in [0.05, 0.1) is 5.69 Å². The topological polar surface area (TPSA) is 50.9 Å². The monoisotopic (exact) mass is 259 g/mol. The van der Waals surface area contributed by atoms with Crippen LogP contribution in [-0.4, -0.2) is 10.9 Å². The van der Waals surface area contributed by atoms with Gasteiger partial charge < -0.3 is 11.1 Å². The fourth-order valence-electron chi connectivity index (χ4n) is 1.58. The fraction of sp³-hybridized carbons (Fsp3) is 0.214. The number of aryl methyl sites for hydroxylation is 1. The lowest BCUT2D eigenvalue weighted by molar-refractivity contribution is 0.772. The van der Waals surface area contributed by atoms with E-state index in [1.54, 1.807) is 11.8 Å². The summed E-state index contributed by atoms with van der Waals surface area (Å²) in [5, 5.41) is 3.36. The van der Waals surface area contributed by atoms with Crippen molar-refractivity contribution >= 4 is 17.4 Å². The Hall–Kier alpha value is -1.52. The lowest BCUT2D eigenvalue weighted by atomic mass is 10.2. The zero-order valence-electron chi connectivity index (χ0n) is 10.4. The molecule has 3 N–H and O–H groups in total. The van der Waals surface area contributed by atoms with E-state index in [4.69, 9.17) is 5.73 Å². The Balaban J connectivity index is 1.80. The minimum atomic E-state index is 0.787. The van der Waals surface area contributed by atoms with Crippen LogP contribution in [0.2, 0.25) is 0 Å². The van der Waals surface area contributed by atoms with E-state index in [1.807, 2.05) is 36.5 Å². The summed E-state index contributed by atoms with van der Waals surface area (Å²) in [6.45, 7) is 2.88. The van der Waals surface area contributed by atoms with Crippen molar-refractivity contribution in [1.82, 2.24) is 10.3 Å². The maximum absolute atomic E-state index is 5.78. The number of hydrogen-bond acceptors (Lipinski definition) is 4. The highest BCUT2D eigenvalue weighted by Crippen LogP contribution is 2.23. The summed E-state index contributed by atoms with van der Waals surface area (Å²) >= 11 is 1.76. The van der Waals surface area contributed by atoms with Gasteiger partial charge in [0.2, 0.25) is 0 Å². The van der Waals surface area contributed by atoms with E-state index in [-0.39, 0.29) is 0 Å². The van der Waals surface area contributed by atoms with Crippen LogP contribution in [-0.2, 0) is 6.54 Å². The van der Waals surface area contributed by atoms with Gasteiger partial charge in [-0.3, -0.25) is 4.98 Å². The number of nitrogens with zero attached hydrogens (tertiary/aromatic N) is 1. The fourth-order valence-corrected chi connectivity index (χ4v) is 2.46. The van der Waals surface area contributed by atoms with Gasteiger partial charge in [-0.05, 0) is 36.8 Å². The van der Waals surface area contributed by atoms with Gasteiger partial charge in [-0.1, -0.05) is 12.1 Å². The number of nitrogen functional groups attached to an aromatic ring is 1. The molecule has 3 nitrogen and oxygen atoms in total. The summed E-state index contributed by atoms with van der Waals surface area (Å²) in [5.74, 6) is 0.848. The van der Waals surface area contributed by atoms with Crippen LogP contribution in [0.5, 0.6) is 0 Å². The van der Waals surface area contributed by atoms with Crippen LogP contribution in [0.4, 0.5) is 5.69 Å². The Morgan fingerprint density at radius 1 is 1.28 bits per heavy atom. The summed E-state index contributed by atoms with van der Waals surface area (Å²) in [5.41, 5.74) is 8.91. The first-order valence-corrected chi connectivity index (χ1v) is 6.84. The van der Waals surface area contributed by atoms with Gasteiger partial charge in [0.25, 0.3) is 0 Å². The van der Waals surface area contributed by atoms with Crippen molar-refractivity contribution in [3.63, 3.8) is 0 Å². The predicted octanol–water partition coefficient (Wildman–Crippen LogP) is 2.81. The molecule has 0 saturated carbocycles. The van der Waals surface area contributed by atoms with Crippen LogP contribution < -0.4 is 11.1 Å². The molecule has 0 amide bonds. The van der Waals surface area contributed by atoms with Gasteiger partial charge in [-0.15, -0.1) is 11.8 Å². The highest BCUT2D eigenvalue weighted by molar-refractivity contribution is 7.99. The molecule has 0 atom stereocenters. The summed E-state index contributed by atoms with van der Waals surface area (Å²) in [6.07, 6.45) is 1.81. The lowest BCUT2D eigenvalue weighted by Gasteiger charge is -2.07. The lowest BCUT2D eigenvalue weighted by Crippen LogP contribution is -2.13. The molecule has 1 heterocycles. The molecular formula is C14H17N3S. The Morgan fingerprint density at radius 2 is 2.17 bits per heavy atom. The number of nitrogens with two attached hydrogens (primary N) is 1. The molecular weight excluding hydrogens is 242 g/mol. The van der Waals surface area contributed by atoms with Crippen molar-refractivity contribution in [3.8, 4) is 0 Å². The summed E-state index contributed by atoms with van der Waals surface area (Å²) in [6, 6.07) is 11.9. The zero-order chi connectivity index (χ0) is 12.8. The summed E-state index contributed by atoms with van der Waals surface area (Å²) in [7, 11) is 0. The van der Waals surface area contributed by atoms with Crippen molar-refractivity contribution in [1.29, 1.82) is 0 Å². The Labute approximate surface area is 112 Å². The highest BCUT2D eigenvalue weighted by atomic mass is 32.2. The van der Waals surface area contributed by atoms with Gasteiger partial charge in [-0.2, -0.15) is 0 Å². The van der Waals surface area contributed by atoms with E-state index in [0.29, 0.717) is 0 Å². The Morgan fingerprint density at radius 3 is 2.94 bits per heavy atom. The van der Waals surface area contributed by atoms with Crippen molar-refractivity contribution in [2.75, 3.05) is 11.6 Å². The van der Waals surface area contributed by atoms with Crippen LogP contribution in [0.15, 0.2) is 47.5 Å². The summed E-state index contributed by atoms with van der Waals surface area (Å²) in [4.78, 5) is 5.49. The average Bonchev–Trinajstić information content (AvgIpc) is 2.40. The van der Waals surface area contributed by atoms with Gasteiger partial charge in [-0.25, -0.2) is 0 Å². The third-order valence-electron chi connectivity index (χ3n) is 2.57. The average molecular weight is 259 g/mol. The predicted molar refractivity (Wildman–Crippen MR) is 77.4 cm³/mol. The molecule has 0 spiro atoms. The Bertz CT molecular complexity index is 500. The van der Waals surface area contributed by atoms with Crippen molar-refractivity contribution in [2.24, 2.45) is 0 Å². The van der Waals surface area contributed by atoms with Crippen LogP contribution in [0.1, 0.15) is 11.3 Å². The molecule has 0 fully saturated rings.